The average molecular weight is 269 g/mol. The Morgan fingerprint density at radius 2 is 2.44 bits per heavy atom. The molecule has 2 heterocycles. The molecule has 0 aromatic carbocycles. The molecule has 1 fully saturated rings. The van der Waals surface area contributed by atoms with Gasteiger partial charge in [-0.2, -0.15) is 11.8 Å². The summed E-state index contributed by atoms with van der Waals surface area (Å²) < 4.78 is 5.53. The Balaban J connectivity index is 1.94. The zero-order valence-electron chi connectivity index (χ0n) is 10.6. The zero-order valence-corrected chi connectivity index (χ0v) is 11.4. The molecule has 4 nitrogen and oxygen atoms in total. The van der Waals surface area contributed by atoms with Crippen LogP contribution in [-0.4, -0.2) is 41.9 Å². The molecule has 1 aromatic heterocycles. The molecule has 0 saturated carbocycles. The maximum Gasteiger partial charge on any atom is 0.289 e. The van der Waals surface area contributed by atoms with Crippen molar-refractivity contribution >= 4 is 17.7 Å². The van der Waals surface area contributed by atoms with E-state index in [-0.39, 0.29) is 12.5 Å². The minimum atomic E-state index is -0.0252. The molecule has 1 aliphatic heterocycles. The van der Waals surface area contributed by atoms with E-state index in [0.717, 1.165) is 37.4 Å². The van der Waals surface area contributed by atoms with Crippen LogP contribution in [0.4, 0.5) is 0 Å². The normalized spacial score (nSPS) is 19.4. The van der Waals surface area contributed by atoms with Crippen molar-refractivity contribution < 1.29 is 14.3 Å². The third-order valence-electron chi connectivity index (χ3n) is 3.27. The Hall–Kier alpha value is -0.940. The van der Waals surface area contributed by atoms with E-state index in [1.807, 2.05) is 17.2 Å². The number of hydrogen-bond acceptors (Lipinski definition) is 4. The molecule has 0 aliphatic carbocycles. The second kappa shape index (κ2) is 6.29. The minimum Gasteiger partial charge on any atom is -0.455 e. The van der Waals surface area contributed by atoms with Gasteiger partial charge in [-0.15, -0.1) is 0 Å². The van der Waals surface area contributed by atoms with Crippen molar-refractivity contribution in [3.05, 3.63) is 23.7 Å². The molecule has 0 bridgehead atoms. The van der Waals surface area contributed by atoms with Gasteiger partial charge in [0.2, 0.25) is 0 Å². The lowest BCUT2D eigenvalue weighted by atomic mass is 10.1. The summed E-state index contributed by atoms with van der Waals surface area (Å²) in [4.78, 5) is 14.0. The third-order valence-corrected chi connectivity index (χ3v) is 3.84. The van der Waals surface area contributed by atoms with E-state index in [4.69, 9.17) is 9.52 Å². The van der Waals surface area contributed by atoms with Gasteiger partial charge in [0.05, 0.1) is 5.75 Å². The number of rotatable bonds is 5. The number of thioether (sulfide) groups is 1. The Kier molecular flexibility index (Phi) is 4.72. The van der Waals surface area contributed by atoms with Gasteiger partial charge in [-0.1, -0.05) is 0 Å². The van der Waals surface area contributed by atoms with Crippen molar-refractivity contribution in [2.45, 2.75) is 18.6 Å². The lowest BCUT2D eigenvalue weighted by molar-refractivity contribution is 0.0751. The largest absolute Gasteiger partial charge is 0.455 e. The summed E-state index contributed by atoms with van der Waals surface area (Å²) in [5, 5.41) is 8.91. The lowest BCUT2D eigenvalue weighted by Gasteiger charge is -2.14. The van der Waals surface area contributed by atoms with Crippen LogP contribution >= 0.6 is 11.8 Å². The monoisotopic (exact) mass is 269 g/mol. The molecular formula is C13H19NO3S. The third kappa shape index (κ3) is 3.09. The molecule has 5 heteroatoms. The van der Waals surface area contributed by atoms with E-state index < -0.39 is 0 Å². The Labute approximate surface area is 111 Å². The highest BCUT2D eigenvalue weighted by Crippen LogP contribution is 2.22. The summed E-state index contributed by atoms with van der Waals surface area (Å²) in [6.45, 7) is 1.70. The fourth-order valence-electron chi connectivity index (χ4n) is 2.30. The highest BCUT2D eigenvalue weighted by molar-refractivity contribution is 7.97. The summed E-state index contributed by atoms with van der Waals surface area (Å²) in [7, 11) is 0. The van der Waals surface area contributed by atoms with Gasteiger partial charge in [-0.25, -0.2) is 0 Å². The van der Waals surface area contributed by atoms with Crippen molar-refractivity contribution in [3.63, 3.8) is 0 Å². The van der Waals surface area contributed by atoms with E-state index in [0.29, 0.717) is 11.7 Å². The summed E-state index contributed by atoms with van der Waals surface area (Å²) in [5.41, 5.74) is 0. The van der Waals surface area contributed by atoms with Gasteiger partial charge in [0.15, 0.2) is 5.76 Å². The predicted molar refractivity (Wildman–Crippen MR) is 71.6 cm³/mol. The van der Waals surface area contributed by atoms with Gasteiger partial charge in [-0.05, 0) is 37.1 Å². The van der Waals surface area contributed by atoms with Crippen molar-refractivity contribution in [2.75, 3.05) is 26.0 Å². The van der Waals surface area contributed by atoms with Crippen molar-refractivity contribution in [2.24, 2.45) is 5.92 Å². The quantitative estimate of drug-likeness (QED) is 0.888. The maximum atomic E-state index is 12.2. The Bertz CT molecular complexity index is 405. The average Bonchev–Trinajstić information content (AvgIpc) is 2.98. The van der Waals surface area contributed by atoms with Crippen molar-refractivity contribution in [3.8, 4) is 0 Å². The maximum absolute atomic E-state index is 12.2. The van der Waals surface area contributed by atoms with Crippen LogP contribution in [-0.2, 0) is 5.75 Å². The van der Waals surface area contributed by atoms with Crippen LogP contribution in [0.1, 0.15) is 29.2 Å². The van der Waals surface area contributed by atoms with Gasteiger partial charge < -0.3 is 14.4 Å². The molecule has 1 unspecified atom stereocenters. The van der Waals surface area contributed by atoms with E-state index >= 15 is 0 Å². The Morgan fingerprint density at radius 1 is 1.61 bits per heavy atom. The fourth-order valence-corrected chi connectivity index (χ4v) is 2.74. The molecule has 100 valence electrons. The van der Waals surface area contributed by atoms with Crippen molar-refractivity contribution in [1.29, 1.82) is 0 Å². The molecule has 1 amide bonds. The first-order chi connectivity index (χ1) is 8.74. The SMILES string of the molecule is CSCc1ccc(C(=O)N2CCC(CCO)C2)o1. The minimum absolute atomic E-state index is 0.0252. The molecule has 2 rings (SSSR count). The first kappa shape index (κ1) is 13.5. The molecule has 1 aliphatic rings. The molecule has 1 atom stereocenters. The summed E-state index contributed by atoms with van der Waals surface area (Å²) >= 11 is 1.67. The first-order valence-electron chi connectivity index (χ1n) is 6.22. The van der Waals surface area contributed by atoms with Gasteiger partial charge in [-0.3, -0.25) is 4.79 Å². The van der Waals surface area contributed by atoms with Crippen LogP contribution in [0.3, 0.4) is 0 Å². The van der Waals surface area contributed by atoms with Crippen LogP contribution in [0.5, 0.6) is 0 Å². The molecule has 1 aromatic rings. The van der Waals surface area contributed by atoms with Gasteiger partial charge in [0.25, 0.3) is 5.91 Å². The fraction of sp³-hybridized carbons (Fsp3) is 0.615. The number of nitrogens with zero attached hydrogens (tertiary/aromatic N) is 1. The number of carbonyl (C=O) groups excluding carboxylic acids is 1. The second-order valence-electron chi connectivity index (χ2n) is 4.62. The van der Waals surface area contributed by atoms with Crippen LogP contribution in [0.15, 0.2) is 16.5 Å². The second-order valence-corrected chi connectivity index (χ2v) is 5.48. The molecule has 0 radical (unpaired) electrons. The number of hydrogen-bond donors (Lipinski definition) is 1. The molecule has 0 spiro atoms. The van der Waals surface area contributed by atoms with Crippen molar-refractivity contribution in [1.82, 2.24) is 4.90 Å². The molecule has 1 N–H and O–H groups in total. The highest BCUT2D eigenvalue weighted by Gasteiger charge is 2.28. The van der Waals surface area contributed by atoms with E-state index in [1.54, 1.807) is 17.8 Å². The topological polar surface area (TPSA) is 53.7 Å². The molecular weight excluding hydrogens is 250 g/mol. The zero-order chi connectivity index (χ0) is 13.0. The Morgan fingerprint density at radius 3 is 3.17 bits per heavy atom. The van der Waals surface area contributed by atoms with Gasteiger partial charge >= 0.3 is 0 Å². The smallest absolute Gasteiger partial charge is 0.289 e. The number of likely N-dealkylation sites (tertiary alicyclic amines) is 1. The van der Waals surface area contributed by atoms with E-state index in [2.05, 4.69) is 0 Å². The molecule has 1 saturated heterocycles. The van der Waals surface area contributed by atoms with Crippen LogP contribution in [0, 0.1) is 5.92 Å². The van der Waals surface area contributed by atoms with E-state index in [1.165, 1.54) is 0 Å². The number of amides is 1. The predicted octanol–water partition coefficient (Wildman–Crippen LogP) is 1.99. The van der Waals surface area contributed by atoms with Crippen LogP contribution < -0.4 is 0 Å². The first-order valence-corrected chi connectivity index (χ1v) is 7.61. The molecule has 18 heavy (non-hydrogen) atoms. The highest BCUT2D eigenvalue weighted by atomic mass is 32.2. The number of aliphatic hydroxyl groups is 1. The summed E-state index contributed by atoms with van der Waals surface area (Å²) in [6.07, 6.45) is 3.76. The lowest BCUT2D eigenvalue weighted by Crippen LogP contribution is -2.28. The summed E-state index contributed by atoms with van der Waals surface area (Å²) in [6, 6.07) is 3.62. The standard InChI is InChI=1S/C13H19NO3S/c1-18-9-11-2-3-12(17-11)13(16)14-6-4-10(8-14)5-7-15/h2-3,10,15H,4-9H2,1H3. The van der Waals surface area contributed by atoms with Gasteiger partial charge in [0, 0.05) is 19.7 Å². The van der Waals surface area contributed by atoms with Crippen LogP contribution in [0.25, 0.3) is 0 Å². The number of aliphatic hydroxyl groups excluding tert-OH is 1. The van der Waals surface area contributed by atoms with E-state index in [9.17, 15) is 4.79 Å². The number of carbonyl (C=O) groups is 1. The van der Waals surface area contributed by atoms with Crippen LogP contribution in [0.2, 0.25) is 0 Å². The van der Waals surface area contributed by atoms with Gasteiger partial charge in [0.1, 0.15) is 5.76 Å². The number of furan rings is 1. The summed E-state index contributed by atoms with van der Waals surface area (Å²) in [5.74, 6) is 2.48.